The molecular formula is C13H22ClNO2. The van der Waals surface area contributed by atoms with Crippen LogP contribution in [0.25, 0.3) is 0 Å². The minimum absolute atomic E-state index is 0.0331. The first kappa shape index (κ1) is 13.2. The Bertz CT molecular complexity index is 272. The predicted molar refractivity (Wildman–Crippen MR) is 68.2 cm³/mol. The van der Waals surface area contributed by atoms with Gasteiger partial charge in [0.2, 0.25) is 5.91 Å². The third-order valence-electron chi connectivity index (χ3n) is 3.96. The van der Waals surface area contributed by atoms with Crippen LogP contribution in [0, 0.1) is 5.92 Å². The molecule has 3 nitrogen and oxygen atoms in total. The Balaban J connectivity index is 1.87. The predicted octanol–water partition coefficient (Wildman–Crippen LogP) is 2.47. The normalized spacial score (nSPS) is 38.0. The minimum Gasteiger partial charge on any atom is -0.377 e. The van der Waals surface area contributed by atoms with Crippen LogP contribution in [0.15, 0.2) is 0 Å². The van der Waals surface area contributed by atoms with Gasteiger partial charge in [-0.1, -0.05) is 19.8 Å². The second-order valence-electron chi connectivity index (χ2n) is 5.13. The first-order chi connectivity index (χ1) is 8.22. The molecule has 2 fully saturated rings. The zero-order valence-electron chi connectivity index (χ0n) is 10.5. The van der Waals surface area contributed by atoms with Crippen molar-refractivity contribution in [2.45, 2.75) is 63.0 Å². The molecule has 0 radical (unpaired) electrons. The van der Waals surface area contributed by atoms with Crippen LogP contribution in [0.1, 0.15) is 45.4 Å². The summed E-state index contributed by atoms with van der Waals surface area (Å²) >= 11 is 6.26. The lowest BCUT2D eigenvalue weighted by atomic mass is 9.93. The lowest BCUT2D eigenvalue weighted by Gasteiger charge is -2.29. The maximum atomic E-state index is 12.2. The molecule has 4 unspecified atom stereocenters. The molecule has 4 atom stereocenters. The van der Waals surface area contributed by atoms with Gasteiger partial charge in [-0.25, -0.2) is 0 Å². The Hall–Kier alpha value is -0.280. The van der Waals surface area contributed by atoms with Crippen molar-refractivity contribution in [3.63, 3.8) is 0 Å². The number of amides is 1. The quantitative estimate of drug-likeness (QED) is 0.791. The van der Waals surface area contributed by atoms with E-state index in [1.54, 1.807) is 0 Å². The molecule has 1 aliphatic carbocycles. The Morgan fingerprint density at radius 3 is 2.82 bits per heavy atom. The van der Waals surface area contributed by atoms with Crippen molar-refractivity contribution in [3.8, 4) is 0 Å². The van der Waals surface area contributed by atoms with E-state index >= 15 is 0 Å². The monoisotopic (exact) mass is 259 g/mol. The molecule has 2 rings (SSSR count). The van der Waals surface area contributed by atoms with Crippen LogP contribution in [0.3, 0.4) is 0 Å². The van der Waals surface area contributed by atoms with E-state index in [1.165, 1.54) is 12.8 Å². The van der Waals surface area contributed by atoms with Crippen molar-refractivity contribution in [1.29, 1.82) is 0 Å². The second kappa shape index (κ2) is 6.05. The van der Waals surface area contributed by atoms with Gasteiger partial charge in [-0.05, 0) is 25.7 Å². The molecule has 1 N–H and O–H groups in total. The largest absolute Gasteiger partial charge is 0.377 e. The van der Waals surface area contributed by atoms with Crippen molar-refractivity contribution in [3.05, 3.63) is 0 Å². The average Bonchev–Trinajstić information content (AvgIpc) is 2.80. The van der Waals surface area contributed by atoms with Gasteiger partial charge in [-0.2, -0.15) is 0 Å². The number of rotatable bonds is 3. The molecule has 0 spiro atoms. The number of carbonyl (C=O) groups excluding carboxylic acids is 1. The summed E-state index contributed by atoms with van der Waals surface area (Å²) < 4.78 is 5.56. The molecule has 4 heteroatoms. The van der Waals surface area contributed by atoms with Crippen LogP contribution in [0.4, 0.5) is 0 Å². The molecule has 0 aromatic carbocycles. The highest BCUT2D eigenvalue weighted by atomic mass is 35.5. The fourth-order valence-electron chi connectivity index (χ4n) is 2.89. The van der Waals surface area contributed by atoms with Crippen molar-refractivity contribution < 1.29 is 9.53 Å². The molecule has 1 saturated heterocycles. The fraction of sp³-hybridized carbons (Fsp3) is 0.923. The number of halogens is 1. The Morgan fingerprint density at radius 1 is 1.35 bits per heavy atom. The lowest BCUT2D eigenvalue weighted by Crippen LogP contribution is -2.46. The molecule has 1 amide bonds. The van der Waals surface area contributed by atoms with Gasteiger partial charge in [0, 0.05) is 12.6 Å². The molecule has 17 heavy (non-hydrogen) atoms. The summed E-state index contributed by atoms with van der Waals surface area (Å²) in [6.45, 7) is 2.78. The number of alkyl halides is 1. The van der Waals surface area contributed by atoms with Crippen LogP contribution < -0.4 is 5.32 Å². The summed E-state index contributed by atoms with van der Waals surface area (Å²) in [5.41, 5.74) is 0. The number of nitrogens with one attached hydrogen (secondary N) is 1. The first-order valence-corrected chi connectivity index (χ1v) is 7.22. The van der Waals surface area contributed by atoms with Crippen LogP contribution in [-0.4, -0.2) is 30.0 Å². The van der Waals surface area contributed by atoms with Gasteiger partial charge in [0.15, 0.2) is 0 Å². The van der Waals surface area contributed by atoms with Gasteiger partial charge in [0.05, 0.1) is 17.4 Å². The van der Waals surface area contributed by atoms with E-state index in [-0.39, 0.29) is 29.3 Å². The number of hydrogen-bond acceptors (Lipinski definition) is 2. The SMILES string of the molecule is CCC1OCCC1C(=O)NC1CCCCC1Cl. The van der Waals surface area contributed by atoms with Crippen LogP contribution in [0.2, 0.25) is 0 Å². The summed E-state index contributed by atoms with van der Waals surface area (Å²) in [4.78, 5) is 12.2. The topological polar surface area (TPSA) is 38.3 Å². The minimum atomic E-state index is 0.0331. The highest BCUT2D eigenvalue weighted by Crippen LogP contribution is 2.26. The third kappa shape index (κ3) is 3.14. The van der Waals surface area contributed by atoms with E-state index < -0.39 is 0 Å². The standard InChI is InChI=1S/C13H22ClNO2/c1-2-12-9(7-8-17-12)13(16)15-11-6-4-3-5-10(11)14/h9-12H,2-8H2,1H3,(H,15,16). The molecule has 98 valence electrons. The van der Waals surface area contributed by atoms with E-state index in [0.29, 0.717) is 6.61 Å². The molecule has 2 aliphatic rings. The zero-order chi connectivity index (χ0) is 12.3. The molecule has 1 saturated carbocycles. The summed E-state index contributed by atoms with van der Waals surface area (Å²) in [6, 6.07) is 0.163. The van der Waals surface area contributed by atoms with Gasteiger partial charge in [-0.15, -0.1) is 11.6 Å². The van der Waals surface area contributed by atoms with Crippen molar-refractivity contribution in [2.24, 2.45) is 5.92 Å². The van der Waals surface area contributed by atoms with Crippen LogP contribution in [0.5, 0.6) is 0 Å². The molecular weight excluding hydrogens is 238 g/mol. The van der Waals surface area contributed by atoms with E-state index in [0.717, 1.165) is 25.7 Å². The van der Waals surface area contributed by atoms with Gasteiger partial charge < -0.3 is 10.1 Å². The lowest BCUT2D eigenvalue weighted by molar-refractivity contribution is -0.127. The smallest absolute Gasteiger partial charge is 0.226 e. The van der Waals surface area contributed by atoms with Crippen molar-refractivity contribution in [1.82, 2.24) is 5.32 Å². The summed E-state index contributed by atoms with van der Waals surface area (Å²) in [5.74, 6) is 0.178. The molecule has 0 bridgehead atoms. The highest BCUT2D eigenvalue weighted by Gasteiger charge is 2.35. The summed E-state index contributed by atoms with van der Waals surface area (Å²) in [5, 5.41) is 3.23. The third-order valence-corrected chi connectivity index (χ3v) is 4.48. The van der Waals surface area contributed by atoms with Crippen LogP contribution in [-0.2, 0) is 9.53 Å². The summed E-state index contributed by atoms with van der Waals surface area (Å²) in [7, 11) is 0. The number of carbonyl (C=O) groups is 1. The van der Waals surface area contributed by atoms with Crippen molar-refractivity contribution >= 4 is 17.5 Å². The van der Waals surface area contributed by atoms with Gasteiger partial charge >= 0.3 is 0 Å². The zero-order valence-corrected chi connectivity index (χ0v) is 11.2. The Labute approximate surface area is 108 Å². The van der Waals surface area contributed by atoms with Gasteiger partial charge in [-0.3, -0.25) is 4.79 Å². The maximum Gasteiger partial charge on any atom is 0.226 e. The first-order valence-electron chi connectivity index (χ1n) is 6.78. The number of hydrogen-bond donors (Lipinski definition) is 1. The van der Waals surface area contributed by atoms with Crippen LogP contribution >= 0.6 is 11.6 Å². The van der Waals surface area contributed by atoms with E-state index in [2.05, 4.69) is 12.2 Å². The Kier molecular flexibility index (Phi) is 4.69. The van der Waals surface area contributed by atoms with E-state index in [1.807, 2.05) is 0 Å². The Morgan fingerprint density at radius 2 is 2.12 bits per heavy atom. The molecule has 0 aromatic heterocycles. The van der Waals surface area contributed by atoms with Crippen molar-refractivity contribution in [2.75, 3.05) is 6.61 Å². The summed E-state index contributed by atoms with van der Waals surface area (Å²) in [6.07, 6.45) is 6.26. The fourth-order valence-corrected chi connectivity index (χ4v) is 3.23. The van der Waals surface area contributed by atoms with E-state index in [9.17, 15) is 4.79 Å². The highest BCUT2D eigenvalue weighted by molar-refractivity contribution is 6.21. The van der Waals surface area contributed by atoms with Gasteiger partial charge in [0.1, 0.15) is 0 Å². The molecule has 1 aliphatic heterocycles. The maximum absolute atomic E-state index is 12.2. The molecule has 1 heterocycles. The number of ether oxygens (including phenoxy) is 1. The van der Waals surface area contributed by atoms with Gasteiger partial charge in [0.25, 0.3) is 0 Å². The van der Waals surface area contributed by atoms with E-state index in [4.69, 9.17) is 16.3 Å². The second-order valence-corrected chi connectivity index (χ2v) is 5.69. The molecule has 0 aromatic rings. The average molecular weight is 260 g/mol.